The van der Waals surface area contributed by atoms with Crippen LogP contribution in [0.1, 0.15) is 5.56 Å². The Bertz CT molecular complexity index is 801. The Balaban J connectivity index is 2.42. The molecule has 0 aliphatic rings. The largest absolute Gasteiger partial charge is 0.246 e. The molecule has 4 heteroatoms. The van der Waals surface area contributed by atoms with E-state index >= 15 is 0 Å². The van der Waals surface area contributed by atoms with Gasteiger partial charge in [0.1, 0.15) is 0 Å². The molecule has 3 aromatic rings. The zero-order valence-electron chi connectivity index (χ0n) is 10.6. The van der Waals surface area contributed by atoms with E-state index in [0.717, 1.165) is 32.2 Å². The van der Waals surface area contributed by atoms with Crippen molar-refractivity contribution in [3.8, 4) is 11.3 Å². The molecule has 0 saturated carbocycles. The molecule has 1 aromatic heterocycles. The number of hydrogen-bond donors (Lipinski definition) is 0. The van der Waals surface area contributed by atoms with E-state index in [0.29, 0.717) is 10.0 Å². The minimum atomic E-state index is 0.599. The molecule has 3 rings (SSSR count). The second-order valence-electron chi connectivity index (χ2n) is 4.52. The summed E-state index contributed by atoms with van der Waals surface area (Å²) in [6, 6.07) is 13.7. The summed E-state index contributed by atoms with van der Waals surface area (Å²) in [5.74, 6) is 0. The molecule has 0 aliphatic heterocycles. The highest BCUT2D eigenvalue weighted by atomic mass is 79.9. The van der Waals surface area contributed by atoms with Crippen LogP contribution in [0.2, 0.25) is 10.0 Å². The number of benzene rings is 2. The first-order chi connectivity index (χ1) is 9.59. The lowest BCUT2D eigenvalue weighted by Crippen LogP contribution is -1.93. The van der Waals surface area contributed by atoms with E-state index in [-0.39, 0.29) is 0 Å². The van der Waals surface area contributed by atoms with Gasteiger partial charge in [0.15, 0.2) is 0 Å². The molecule has 0 spiro atoms. The summed E-state index contributed by atoms with van der Waals surface area (Å²) >= 11 is 16.3. The fourth-order valence-electron chi connectivity index (χ4n) is 2.22. The molecule has 0 fully saturated rings. The van der Waals surface area contributed by atoms with Crippen LogP contribution in [0.15, 0.2) is 46.9 Å². The summed E-state index contributed by atoms with van der Waals surface area (Å²) in [6.07, 6.45) is 0. The highest BCUT2D eigenvalue weighted by Gasteiger charge is 2.15. The van der Waals surface area contributed by atoms with Gasteiger partial charge in [-0.3, -0.25) is 0 Å². The molecule has 0 radical (unpaired) electrons. The standard InChI is InChI=1S/C16H10BrCl2N/c1-9-14(19)13-11(17)7-8-12(18)16(13)20-15(9)10-5-3-2-4-6-10/h2-8H,1H3. The van der Waals surface area contributed by atoms with Crippen molar-refractivity contribution in [2.45, 2.75) is 6.92 Å². The Morgan fingerprint density at radius 1 is 1.00 bits per heavy atom. The van der Waals surface area contributed by atoms with Crippen molar-refractivity contribution in [3.63, 3.8) is 0 Å². The summed E-state index contributed by atoms with van der Waals surface area (Å²) < 4.78 is 0.900. The molecule has 0 bridgehead atoms. The van der Waals surface area contributed by atoms with Gasteiger partial charge in [-0.05, 0) is 24.6 Å². The lowest BCUT2D eigenvalue weighted by atomic mass is 10.0. The van der Waals surface area contributed by atoms with E-state index in [9.17, 15) is 0 Å². The summed E-state index contributed by atoms with van der Waals surface area (Å²) in [5, 5.41) is 2.14. The van der Waals surface area contributed by atoms with Crippen LogP contribution in [-0.2, 0) is 0 Å². The summed E-state index contributed by atoms with van der Waals surface area (Å²) in [4.78, 5) is 4.72. The minimum Gasteiger partial charge on any atom is -0.246 e. The van der Waals surface area contributed by atoms with E-state index in [1.807, 2.05) is 49.4 Å². The maximum absolute atomic E-state index is 6.53. The molecule has 1 nitrogen and oxygen atoms in total. The highest BCUT2D eigenvalue weighted by Crippen LogP contribution is 2.39. The second kappa shape index (κ2) is 5.36. The van der Waals surface area contributed by atoms with Crippen molar-refractivity contribution in [2.24, 2.45) is 0 Å². The molecule has 0 N–H and O–H groups in total. The molecule has 0 atom stereocenters. The molecule has 2 aromatic carbocycles. The van der Waals surface area contributed by atoms with Crippen molar-refractivity contribution in [1.82, 2.24) is 4.98 Å². The quantitative estimate of drug-likeness (QED) is 0.493. The number of pyridine rings is 1. The number of aromatic nitrogens is 1. The maximum atomic E-state index is 6.53. The Morgan fingerprint density at radius 3 is 2.40 bits per heavy atom. The summed E-state index contributed by atoms with van der Waals surface area (Å²) in [6.45, 7) is 1.98. The SMILES string of the molecule is Cc1c(-c2ccccc2)nc2c(Cl)ccc(Br)c2c1Cl. The average Bonchev–Trinajstić information content (AvgIpc) is 2.47. The van der Waals surface area contributed by atoms with Crippen molar-refractivity contribution >= 4 is 50.0 Å². The second-order valence-corrected chi connectivity index (χ2v) is 6.16. The highest BCUT2D eigenvalue weighted by molar-refractivity contribution is 9.10. The van der Waals surface area contributed by atoms with Crippen LogP contribution in [0.5, 0.6) is 0 Å². The first-order valence-electron chi connectivity index (χ1n) is 6.09. The van der Waals surface area contributed by atoms with Crippen LogP contribution in [0.3, 0.4) is 0 Å². The number of hydrogen-bond acceptors (Lipinski definition) is 1. The fraction of sp³-hybridized carbons (Fsp3) is 0.0625. The normalized spacial score (nSPS) is 11.0. The van der Waals surface area contributed by atoms with Gasteiger partial charge in [-0.2, -0.15) is 0 Å². The molecule has 0 aliphatic carbocycles. The lowest BCUT2D eigenvalue weighted by Gasteiger charge is -2.12. The van der Waals surface area contributed by atoms with Crippen LogP contribution in [0.4, 0.5) is 0 Å². The van der Waals surface area contributed by atoms with Gasteiger partial charge < -0.3 is 0 Å². The average molecular weight is 367 g/mol. The maximum Gasteiger partial charge on any atom is 0.0922 e. The molecule has 0 unspecified atom stereocenters. The third kappa shape index (κ3) is 2.22. The van der Waals surface area contributed by atoms with Gasteiger partial charge in [0.05, 0.1) is 21.3 Å². The third-order valence-electron chi connectivity index (χ3n) is 3.25. The van der Waals surface area contributed by atoms with E-state index in [4.69, 9.17) is 28.2 Å². The zero-order chi connectivity index (χ0) is 14.3. The van der Waals surface area contributed by atoms with Gasteiger partial charge in [0, 0.05) is 15.4 Å². The molecule has 100 valence electrons. The molecule has 20 heavy (non-hydrogen) atoms. The molecule has 0 amide bonds. The Morgan fingerprint density at radius 2 is 1.70 bits per heavy atom. The van der Waals surface area contributed by atoms with Crippen LogP contribution >= 0.6 is 39.1 Å². The van der Waals surface area contributed by atoms with Crippen LogP contribution in [0, 0.1) is 6.92 Å². The zero-order valence-corrected chi connectivity index (χ0v) is 13.7. The Kier molecular flexibility index (Phi) is 3.72. The number of rotatable bonds is 1. The molecule has 0 saturated heterocycles. The Labute approximate surface area is 135 Å². The number of fused-ring (bicyclic) bond motifs is 1. The van der Waals surface area contributed by atoms with E-state index in [1.54, 1.807) is 0 Å². The molecular formula is C16H10BrCl2N. The van der Waals surface area contributed by atoms with Gasteiger partial charge in [-0.1, -0.05) is 69.5 Å². The van der Waals surface area contributed by atoms with Crippen molar-refractivity contribution in [2.75, 3.05) is 0 Å². The Hall–Kier alpha value is -1.09. The number of halogens is 3. The summed E-state index contributed by atoms with van der Waals surface area (Å²) in [5.41, 5.74) is 3.57. The van der Waals surface area contributed by atoms with Crippen molar-refractivity contribution < 1.29 is 0 Å². The van der Waals surface area contributed by atoms with Crippen molar-refractivity contribution in [3.05, 3.63) is 62.5 Å². The molecular weight excluding hydrogens is 357 g/mol. The van der Waals surface area contributed by atoms with Crippen LogP contribution < -0.4 is 0 Å². The lowest BCUT2D eigenvalue weighted by molar-refractivity contribution is 1.33. The van der Waals surface area contributed by atoms with Crippen LogP contribution in [0.25, 0.3) is 22.2 Å². The van der Waals surface area contributed by atoms with Crippen molar-refractivity contribution in [1.29, 1.82) is 0 Å². The summed E-state index contributed by atoms with van der Waals surface area (Å²) in [7, 11) is 0. The van der Waals surface area contributed by atoms with Gasteiger partial charge in [0.25, 0.3) is 0 Å². The van der Waals surface area contributed by atoms with Crippen LogP contribution in [-0.4, -0.2) is 4.98 Å². The predicted molar refractivity (Wildman–Crippen MR) is 89.6 cm³/mol. The minimum absolute atomic E-state index is 0.599. The van der Waals surface area contributed by atoms with Gasteiger partial charge in [0.2, 0.25) is 0 Å². The number of nitrogens with zero attached hydrogens (tertiary/aromatic N) is 1. The smallest absolute Gasteiger partial charge is 0.0922 e. The van der Waals surface area contributed by atoms with E-state index < -0.39 is 0 Å². The van der Waals surface area contributed by atoms with Gasteiger partial charge >= 0.3 is 0 Å². The van der Waals surface area contributed by atoms with E-state index in [2.05, 4.69) is 15.9 Å². The van der Waals surface area contributed by atoms with Gasteiger partial charge in [-0.25, -0.2) is 4.98 Å². The first-order valence-corrected chi connectivity index (χ1v) is 7.63. The van der Waals surface area contributed by atoms with E-state index in [1.165, 1.54) is 0 Å². The topological polar surface area (TPSA) is 12.9 Å². The molecule has 1 heterocycles. The fourth-order valence-corrected chi connectivity index (χ4v) is 3.34. The monoisotopic (exact) mass is 365 g/mol. The third-order valence-corrected chi connectivity index (χ3v) is 4.69. The van der Waals surface area contributed by atoms with Gasteiger partial charge in [-0.15, -0.1) is 0 Å². The predicted octanol–water partition coefficient (Wildman–Crippen LogP) is 6.28. The first kappa shape index (κ1) is 13.9.